The lowest BCUT2D eigenvalue weighted by Gasteiger charge is -2.31. The molecule has 0 bridgehead atoms. The highest BCUT2D eigenvalue weighted by Gasteiger charge is 2.34. The molecule has 1 unspecified atom stereocenters. The zero-order valence-corrected chi connectivity index (χ0v) is 19.0. The number of hydrogen-bond donors (Lipinski definition) is 1. The first-order valence-corrected chi connectivity index (χ1v) is 11.0. The third-order valence-corrected chi connectivity index (χ3v) is 5.16. The van der Waals surface area contributed by atoms with Gasteiger partial charge in [-0.15, -0.1) is 0 Å². The molecule has 35 heavy (non-hydrogen) atoms. The van der Waals surface area contributed by atoms with Crippen molar-refractivity contribution >= 4 is 23.2 Å². The lowest BCUT2D eigenvalue weighted by Crippen LogP contribution is -2.42. The van der Waals surface area contributed by atoms with E-state index in [1.807, 2.05) is 13.0 Å². The zero-order valence-electron chi connectivity index (χ0n) is 19.0. The van der Waals surface area contributed by atoms with Crippen LogP contribution in [0.4, 0.5) is 15.8 Å². The first kappa shape index (κ1) is 23.6. The second-order valence-electron chi connectivity index (χ2n) is 7.50. The number of nitrogens with zero attached hydrogens (tertiary/aromatic N) is 3. The summed E-state index contributed by atoms with van der Waals surface area (Å²) in [7, 11) is 0. The summed E-state index contributed by atoms with van der Waals surface area (Å²) < 4.78 is 18.9. The lowest BCUT2D eigenvalue weighted by molar-refractivity contribution is -0.117. The van der Waals surface area contributed by atoms with Crippen molar-refractivity contribution in [2.45, 2.75) is 13.0 Å². The van der Waals surface area contributed by atoms with Gasteiger partial charge in [-0.2, -0.15) is 0 Å². The fourth-order valence-electron chi connectivity index (χ4n) is 3.58. The molecule has 7 nitrogen and oxygen atoms in total. The summed E-state index contributed by atoms with van der Waals surface area (Å²) in [6.45, 7) is 2.37. The van der Waals surface area contributed by atoms with Crippen LogP contribution in [0.3, 0.4) is 0 Å². The molecule has 0 spiro atoms. The number of amides is 2. The third-order valence-electron chi connectivity index (χ3n) is 5.16. The quantitative estimate of drug-likeness (QED) is 0.390. The summed E-state index contributed by atoms with van der Waals surface area (Å²) in [5.74, 6) is -0.772. The van der Waals surface area contributed by atoms with Crippen LogP contribution in [0.2, 0.25) is 0 Å². The molecule has 3 aromatic carbocycles. The second-order valence-corrected chi connectivity index (χ2v) is 7.50. The Morgan fingerprint density at radius 2 is 1.69 bits per heavy atom. The van der Waals surface area contributed by atoms with E-state index >= 15 is 0 Å². The Balaban J connectivity index is 1.80. The summed E-state index contributed by atoms with van der Waals surface area (Å²) in [5, 5.41) is 2.80. The summed E-state index contributed by atoms with van der Waals surface area (Å²) in [6.07, 6.45) is 4.23. The SMILES string of the molecule is CCOc1ccc(N(C(=O)c2cnccn2)C(C(=O)Nc2ccc(F)cc2)c2ccccc2)cc1. The van der Waals surface area contributed by atoms with Crippen LogP contribution in [0.25, 0.3) is 0 Å². The molecule has 1 atom stereocenters. The standard InChI is InChI=1S/C27H23FN4O3/c1-2-35-23-14-12-22(13-15-23)32(27(34)24-18-29-16-17-30-24)25(19-6-4-3-5-7-19)26(33)31-21-10-8-20(28)9-11-21/h3-18,25H,2H2,1H3,(H,31,33). The molecule has 176 valence electrons. The maximum absolute atomic E-state index is 13.7. The van der Waals surface area contributed by atoms with Crippen molar-refractivity contribution in [1.82, 2.24) is 9.97 Å². The first-order chi connectivity index (χ1) is 17.1. The minimum atomic E-state index is -1.06. The summed E-state index contributed by atoms with van der Waals surface area (Å²) in [4.78, 5) is 36.9. The van der Waals surface area contributed by atoms with Crippen LogP contribution in [0.15, 0.2) is 97.5 Å². The average Bonchev–Trinajstić information content (AvgIpc) is 2.90. The topological polar surface area (TPSA) is 84.4 Å². The molecular formula is C27H23FN4O3. The van der Waals surface area contributed by atoms with Crippen LogP contribution >= 0.6 is 0 Å². The van der Waals surface area contributed by atoms with Gasteiger partial charge < -0.3 is 10.1 Å². The van der Waals surface area contributed by atoms with Gasteiger partial charge in [0.2, 0.25) is 0 Å². The number of benzene rings is 3. The van der Waals surface area contributed by atoms with Crippen molar-refractivity contribution in [2.75, 3.05) is 16.8 Å². The van der Waals surface area contributed by atoms with E-state index in [2.05, 4.69) is 15.3 Å². The number of carbonyl (C=O) groups excluding carboxylic acids is 2. The van der Waals surface area contributed by atoms with E-state index in [4.69, 9.17) is 4.74 Å². The average molecular weight is 471 g/mol. The van der Waals surface area contributed by atoms with Crippen molar-refractivity contribution in [3.8, 4) is 5.75 Å². The van der Waals surface area contributed by atoms with Gasteiger partial charge in [-0.05, 0) is 61.0 Å². The van der Waals surface area contributed by atoms with Gasteiger partial charge in [-0.1, -0.05) is 30.3 Å². The fraction of sp³-hybridized carbons (Fsp3) is 0.111. The van der Waals surface area contributed by atoms with E-state index in [1.165, 1.54) is 47.8 Å². The maximum Gasteiger partial charge on any atom is 0.279 e. The largest absolute Gasteiger partial charge is 0.494 e. The van der Waals surface area contributed by atoms with Gasteiger partial charge in [0.1, 0.15) is 23.3 Å². The van der Waals surface area contributed by atoms with Crippen LogP contribution < -0.4 is 15.0 Å². The molecule has 1 N–H and O–H groups in total. The van der Waals surface area contributed by atoms with Crippen molar-refractivity contribution in [2.24, 2.45) is 0 Å². The van der Waals surface area contributed by atoms with E-state index in [0.29, 0.717) is 29.3 Å². The Hall–Kier alpha value is -4.59. The van der Waals surface area contributed by atoms with Crippen molar-refractivity contribution in [3.63, 3.8) is 0 Å². The molecule has 2 amide bonds. The van der Waals surface area contributed by atoms with Crippen LogP contribution in [0.5, 0.6) is 5.75 Å². The molecule has 4 aromatic rings. The number of carbonyl (C=O) groups is 2. The number of rotatable bonds is 8. The van der Waals surface area contributed by atoms with Gasteiger partial charge in [0.15, 0.2) is 0 Å². The molecule has 1 aromatic heterocycles. The Bertz CT molecular complexity index is 1270. The molecule has 0 aliphatic rings. The molecule has 4 rings (SSSR count). The van der Waals surface area contributed by atoms with Gasteiger partial charge in [-0.25, -0.2) is 9.37 Å². The minimum absolute atomic E-state index is 0.0805. The predicted octanol–water partition coefficient (Wildman–Crippen LogP) is 5.04. The number of aromatic nitrogens is 2. The normalized spacial score (nSPS) is 11.4. The van der Waals surface area contributed by atoms with Crippen LogP contribution in [-0.2, 0) is 4.79 Å². The number of hydrogen-bond acceptors (Lipinski definition) is 5. The number of anilines is 2. The monoisotopic (exact) mass is 470 g/mol. The van der Waals surface area contributed by atoms with Gasteiger partial charge in [0.25, 0.3) is 11.8 Å². The van der Waals surface area contributed by atoms with Crippen LogP contribution in [0.1, 0.15) is 29.0 Å². The first-order valence-electron chi connectivity index (χ1n) is 11.0. The van der Waals surface area contributed by atoms with Gasteiger partial charge in [-0.3, -0.25) is 19.5 Å². The van der Waals surface area contributed by atoms with Gasteiger partial charge in [0, 0.05) is 23.8 Å². The smallest absolute Gasteiger partial charge is 0.279 e. The molecular weight excluding hydrogens is 447 g/mol. The number of nitrogens with one attached hydrogen (secondary N) is 1. The lowest BCUT2D eigenvalue weighted by atomic mass is 10.0. The molecule has 1 heterocycles. The molecule has 0 aliphatic heterocycles. The van der Waals surface area contributed by atoms with Crippen molar-refractivity contribution < 1.29 is 18.7 Å². The molecule has 0 saturated carbocycles. The Morgan fingerprint density at radius 1 is 0.971 bits per heavy atom. The number of halogens is 1. The predicted molar refractivity (Wildman–Crippen MR) is 131 cm³/mol. The number of ether oxygens (including phenoxy) is 1. The molecule has 8 heteroatoms. The van der Waals surface area contributed by atoms with E-state index in [0.717, 1.165) is 0 Å². The highest BCUT2D eigenvalue weighted by molar-refractivity contribution is 6.11. The van der Waals surface area contributed by atoms with E-state index in [-0.39, 0.29) is 5.69 Å². The Labute approximate surface area is 202 Å². The molecule has 0 saturated heterocycles. The molecule has 0 aliphatic carbocycles. The molecule has 0 fully saturated rings. The summed E-state index contributed by atoms with van der Waals surface area (Å²) in [6, 6.07) is 20.2. The Morgan fingerprint density at radius 3 is 2.31 bits per heavy atom. The van der Waals surface area contributed by atoms with Crippen molar-refractivity contribution in [3.05, 3.63) is 115 Å². The van der Waals surface area contributed by atoms with E-state index in [1.54, 1.807) is 48.5 Å². The summed E-state index contributed by atoms with van der Waals surface area (Å²) in [5.41, 5.74) is 1.53. The third kappa shape index (κ3) is 5.67. The zero-order chi connectivity index (χ0) is 24.6. The van der Waals surface area contributed by atoms with E-state index in [9.17, 15) is 14.0 Å². The van der Waals surface area contributed by atoms with E-state index < -0.39 is 23.7 Å². The minimum Gasteiger partial charge on any atom is -0.494 e. The Kier molecular flexibility index (Phi) is 7.42. The van der Waals surface area contributed by atoms with Crippen LogP contribution in [0, 0.1) is 5.82 Å². The van der Waals surface area contributed by atoms with Crippen molar-refractivity contribution in [1.29, 1.82) is 0 Å². The maximum atomic E-state index is 13.7. The second kappa shape index (κ2) is 11.0. The fourth-order valence-corrected chi connectivity index (χ4v) is 3.58. The summed E-state index contributed by atoms with van der Waals surface area (Å²) >= 11 is 0. The molecule has 0 radical (unpaired) electrons. The van der Waals surface area contributed by atoms with Crippen LogP contribution in [-0.4, -0.2) is 28.4 Å². The highest BCUT2D eigenvalue weighted by atomic mass is 19.1. The van der Waals surface area contributed by atoms with Gasteiger partial charge in [0.05, 0.1) is 12.8 Å². The highest BCUT2D eigenvalue weighted by Crippen LogP contribution is 2.31. The van der Waals surface area contributed by atoms with Gasteiger partial charge >= 0.3 is 0 Å².